The molecule has 2 aromatic rings. The third kappa shape index (κ3) is 1.77. The number of hydrogen-bond donors (Lipinski definition) is 2. The van der Waals surface area contributed by atoms with E-state index >= 15 is 0 Å². The summed E-state index contributed by atoms with van der Waals surface area (Å²) in [5.41, 5.74) is 8.01. The number of hydrogen-bond acceptors (Lipinski definition) is 3. The van der Waals surface area contributed by atoms with E-state index in [1.54, 1.807) is 0 Å². The number of aryl methyl sites for hydroxylation is 1. The van der Waals surface area contributed by atoms with Crippen LogP contribution in [0, 0.1) is 6.92 Å². The minimum absolute atomic E-state index is 0.284. The third-order valence-corrected chi connectivity index (χ3v) is 2.56. The van der Waals surface area contributed by atoms with Crippen LogP contribution in [-0.4, -0.2) is 26.5 Å². The molecule has 2 aromatic heterocycles. The van der Waals surface area contributed by atoms with Crippen LogP contribution in [0.2, 0.25) is 0 Å². The highest BCUT2D eigenvalue weighted by Crippen LogP contribution is 2.13. The summed E-state index contributed by atoms with van der Waals surface area (Å²) in [6.45, 7) is 1.86. The Hall–Kier alpha value is -1.88. The van der Waals surface area contributed by atoms with Crippen molar-refractivity contribution in [3.63, 3.8) is 0 Å². The van der Waals surface area contributed by atoms with Gasteiger partial charge < -0.3 is 15.2 Å². The highest BCUT2D eigenvalue weighted by atomic mass is 16.4. The normalized spacial score (nSPS) is 12.9. The van der Waals surface area contributed by atoms with E-state index in [4.69, 9.17) is 10.8 Å². The Morgan fingerprint density at radius 3 is 3.06 bits per heavy atom. The number of aliphatic carboxylic acids is 1. The highest BCUT2D eigenvalue weighted by molar-refractivity contribution is 5.73. The van der Waals surface area contributed by atoms with Crippen LogP contribution in [0.15, 0.2) is 24.4 Å². The van der Waals surface area contributed by atoms with Crippen molar-refractivity contribution in [3.8, 4) is 0 Å². The Morgan fingerprint density at radius 1 is 1.62 bits per heavy atom. The van der Waals surface area contributed by atoms with Gasteiger partial charge in [-0.2, -0.15) is 0 Å². The predicted molar refractivity (Wildman–Crippen MR) is 59.2 cm³/mol. The number of fused-ring (bicyclic) bond motifs is 1. The third-order valence-electron chi connectivity index (χ3n) is 2.56. The first-order chi connectivity index (χ1) is 7.59. The van der Waals surface area contributed by atoms with E-state index in [1.165, 1.54) is 0 Å². The van der Waals surface area contributed by atoms with E-state index in [-0.39, 0.29) is 6.42 Å². The number of nitrogens with zero attached hydrogens (tertiary/aromatic N) is 2. The van der Waals surface area contributed by atoms with E-state index in [1.807, 2.05) is 35.7 Å². The second-order valence-corrected chi connectivity index (χ2v) is 3.72. The maximum absolute atomic E-state index is 10.7. The predicted octanol–water partition coefficient (Wildman–Crippen LogP) is 0.597. The second-order valence-electron chi connectivity index (χ2n) is 3.72. The summed E-state index contributed by atoms with van der Waals surface area (Å²) in [4.78, 5) is 15.1. The van der Waals surface area contributed by atoms with Crippen molar-refractivity contribution in [3.05, 3.63) is 35.8 Å². The van der Waals surface area contributed by atoms with Crippen LogP contribution in [0.3, 0.4) is 0 Å². The van der Waals surface area contributed by atoms with E-state index in [0.717, 1.165) is 17.0 Å². The molecule has 2 heterocycles. The van der Waals surface area contributed by atoms with Gasteiger partial charge in [-0.25, -0.2) is 4.98 Å². The number of nitrogens with two attached hydrogens (primary N) is 1. The molecule has 2 rings (SSSR count). The van der Waals surface area contributed by atoms with Crippen molar-refractivity contribution in [2.45, 2.75) is 19.4 Å². The lowest BCUT2D eigenvalue weighted by molar-refractivity contribution is -0.138. The molecule has 0 saturated heterocycles. The monoisotopic (exact) mass is 219 g/mol. The van der Waals surface area contributed by atoms with Crippen LogP contribution in [0.4, 0.5) is 0 Å². The molecule has 5 nitrogen and oxygen atoms in total. The van der Waals surface area contributed by atoms with Gasteiger partial charge in [0.25, 0.3) is 0 Å². The molecule has 0 bridgehead atoms. The minimum Gasteiger partial charge on any atom is -0.480 e. The van der Waals surface area contributed by atoms with Gasteiger partial charge in [0.05, 0.1) is 5.69 Å². The van der Waals surface area contributed by atoms with Crippen molar-refractivity contribution in [2.24, 2.45) is 5.73 Å². The Balaban J connectivity index is 2.43. The number of rotatable bonds is 3. The van der Waals surface area contributed by atoms with Crippen LogP contribution >= 0.6 is 0 Å². The fourth-order valence-corrected chi connectivity index (χ4v) is 1.71. The summed E-state index contributed by atoms with van der Waals surface area (Å²) in [7, 11) is 0. The topological polar surface area (TPSA) is 80.6 Å². The molecule has 84 valence electrons. The first kappa shape index (κ1) is 10.6. The van der Waals surface area contributed by atoms with Gasteiger partial charge in [-0.3, -0.25) is 4.79 Å². The molecule has 3 N–H and O–H groups in total. The Morgan fingerprint density at radius 2 is 2.38 bits per heavy atom. The molecule has 5 heteroatoms. The van der Waals surface area contributed by atoms with Crippen molar-refractivity contribution in [1.29, 1.82) is 0 Å². The zero-order valence-electron chi connectivity index (χ0n) is 8.92. The SMILES string of the molecule is Cc1nc2ccccn2c1CC(N)C(=O)O. The first-order valence-corrected chi connectivity index (χ1v) is 5.00. The van der Waals surface area contributed by atoms with Gasteiger partial charge in [0, 0.05) is 18.3 Å². The van der Waals surface area contributed by atoms with Crippen LogP contribution in [0.25, 0.3) is 5.65 Å². The molecule has 0 aliphatic heterocycles. The molecule has 1 atom stereocenters. The fraction of sp³-hybridized carbons (Fsp3) is 0.273. The van der Waals surface area contributed by atoms with Crippen LogP contribution in [0.1, 0.15) is 11.4 Å². The van der Waals surface area contributed by atoms with Gasteiger partial charge in [0.15, 0.2) is 0 Å². The number of aromatic nitrogens is 2. The molecular formula is C11H13N3O2. The maximum atomic E-state index is 10.7. The summed E-state index contributed by atoms with van der Waals surface area (Å²) >= 11 is 0. The van der Waals surface area contributed by atoms with Crippen molar-refractivity contribution in [1.82, 2.24) is 9.38 Å². The summed E-state index contributed by atoms with van der Waals surface area (Å²) in [6.07, 6.45) is 2.14. The maximum Gasteiger partial charge on any atom is 0.320 e. The molecule has 0 aromatic carbocycles. The molecule has 1 unspecified atom stereocenters. The summed E-state index contributed by atoms with van der Waals surface area (Å²) in [6, 6.07) is 4.76. The molecule has 0 aliphatic carbocycles. The zero-order chi connectivity index (χ0) is 11.7. The van der Waals surface area contributed by atoms with E-state index in [0.29, 0.717) is 0 Å². The van der Waals surface area contributed by atoms with Crippen molar-refractivity contribution in [2.75, 3.05) is 0 Å². The summed E-state index contributed by atoms with van der Waals surface area (Å²) < 4.78 is 1.87. The Labute approximate surface area is 92.5 Å². The molecule has 0 radical (unpaired) electrons. The zero-order valence-corrected chi connectivity index (χ0v) is 8.92. The number of carbonyl (C=O) groups is 1. The lowest BCUT2D eigenvalue weighted by Gasteiger charge is -2.06. The smallest absolute Gasteiger partial charge is 0.320 e. The molecule has 0 aliphatic rings. The van der Waals surface area contributed by atoms with Gasteiger partial charge in [-0.15, -0.1) is 0 Å². The Kier molecular flexibility index (Phi) is 2.62. The Bertz CT molecular complexity index is 533. The number of pyridine rings is 1. The van der Waals surface area contributed by atoms with Crippen molar-refractivity contribution < 1.29 is 9.90 Å². The molecular weight excluding hydrogens is 206 g/mol. The standard InChI is InChI=1S/C11H13N3O2/c1-7-9(6-8(12)11(15)16)14-5-3-2-4-10(14)13-7/h2-5,8H,6,12H2,1H3,(H,15,16). The van der Waals surface area contributed by atoms with Gasteiger partial charge in [0.1, 0.15) is 11.7 Å². The van der Waals surface area contributed by atoms with Crippen LogP contribution in [-0.2, 0) is 11.2 Å². The summed E-state index contributed by atoms with van der Waals surface area (Å²) in [5, 5.41) is 8.79. The lowest BCUT2D eigenvalue weighted by Crippen LogP contribution is -2.32. The van der Waals surface area contributed by atoms with Gasteiger partial charge in [-0.1, -0.05) is 6.07 Å². The minimum atomic E-state index is -0.995. The van der Waals surface area contributed by atoms with E-state index in [9.17, 15) is 4.79 Å². The van der Waals surface area contributed by atoms with Gasteiger partial charge in [-0.05, 0) is 19.1 Å². The molecule has 0 spiro atoms. The highest BCUT2D eigenvalue weighted by Gasteiger charge is 2.17. The number of imidazole rings is 1. The number of carboxylic acid groups (broad SMARTS) is 1. The molecule has 0 fully saturated rings. The van der Waals surface area contributed by atoms with Gasteiger partial charge >= 0.3 is 5.97 Å². The van der Waals surface area contributed by atoms with Gasteiger partial charge in [0.2, 0.25) is 0 Å². The quantitative estimate of drug-likeness (QED) is 0.792. The van der Waals surface area contributed by atoms with E-state index in [2.05, 4.69) is 4.98 Å². The average molecular weight is 219 g/mol. The molecule has 0 saturated carbocycles. The second kappa shape index (κ2) is 3.94. The number of carboxylic acids is 1. The summed E-state index contributed by atoms with van der Waals surface area (Å²) in [5.74, 6) is -0.995. The molecule has 16 heavy (non-hydrogen) atoms. The lowest BCUT2D eigenvalue weighted by atomic mass is 10.1. The molecule has 0 amide bonds. The van der Waals surface area contributed by atoms with Crippen molar-refractivity contribution >= 4 is 11.6 Å². The van der Waals surface area contributed by atoms with Crippen LogP contribution < -0.4 is 5.73 Å². The van der Waals surface area contributed by atoms with E-state index < -0.39 is 12.0 Å². The first-order valence-electron chi connectivity index (χ1n) is 5.00. The average Bonchev–Trinajstić information content (AvgIpc) is 2.55. The van der Waals surface area contributed by atoms with Crippen LogP contribution in [0.5, 0.6) is 0 Å². The largest absolute Gasteiger partial charge is 0.480 e. The fourth-order valence-electron chi connectivity index (χ4n) is 1.71.